The Morgan fingerprint density at radius 3 is 2.24 bits per heavy atom. The molecular weight excluding hydrogens is 516 g/mol. The molecule has 1 heterocycles. The van der Waals surface area contributed by atoms with Crippen LogP contribution in [-0.2, 0) is 19.1 Å². The van der Waals surface area contributed by atoms with Crippen LogP contribution in [0, 0.1) is 0 Å². The molecule has 8 nitrogen and oxygen atoms in total. The number of tetrazole rings is 1. The van der Waals surface area contributed by atoms with Gasteiger partial charge in [0, 0.05) is 25.8 Å². The Morgan fingerprint density at radius 2 is 1.59 bits per heavy atom. The van der Waals surface area contributed by atoms with E-state index in [1.165, 1.54) is 13.8 Å². The van der Waals surface area contributed by atoms with Crippen molar-refractivity contribution in [2.75, 3.05) is 13.2 Å². The Kier molecular flexibility index (Phi) is 11.5. The molecule has 0 saturated carbocycles. The van der Waals surface area contributed by atoms with Crippen LogP contribution in [0.2, 0.25) is 0 Å². The minimum atomic E-state index is -0.331. The first-order chi connectivity index (χ1) is 19.7. The summed E-state index contributed by atoms with van der Waals surface area (Å²) in [6.45, 7) is 13.1. The number of carbonyl (C=O) groups excluding carboxylic acids is 2. The second kappa shape index (κ2) is 15.3. The molecule has 0 spiro atoms. The highest BCUT2D eigenvalue weighted by Gasteiger charge is 2.25. The summed E-state index contributed by atoms with van der Waals surface area (Å²) >= 11 is 0. The second-order valence-corrected chi connectivity index (χ2v) is 9.78. The molecule has 1 aromatic heterocycles. The summed E-state index contributed by atoms with van der Waals surface area (Å²) in [5, 5.41) is 13.1. The minimum Gasteiger partial charge on any atom is -0.466 e. The minimum absolute atomic E-state index is 0.228. The van der Waals surface area contributed by atoms with Gasteiger partial charge < -0.3 is 9.47 Å². The van der Waals surface area contributed by atoms with Crippen LogP contribution >= 0.6 is 0 Å². The summed E-state index contributed by atoms with van der Waals surface area (Å²) in [5.41, 5.74) is 6.84. The number of aromatic nitrogens is 4. The number of ether oxygens (including phenoxy) is 2. The summed E-state index contributed by atoms with van der Waals surface area (Å²) in [5.74, 6) is -0.0436. The lowest BCUT2D eigenvalue weighted by Gasteiger charge is -2.21. The molecule has 0 fully saturated rings. The fraction of sp³-hybridized carbons (Fsp3) is 0.303. The van der Waals surface area contributed by atoms with Crippen molar-refractivity contribution in [3.8, 4) is 11.4 Å². The third-order valence-electron chi connectivity index (χ3n) is 6.52. The molecule has 0 radical (unpaired) electrons. The predicted molar refractivity (Wildman–Crippen MR) is 162 cm³/mol. The third-order valence-corrected chi connectivity index (χ3v) is 6.52. The van der Waals surface area contributed by atoms with Crippen LogP contribution in [0.3, 0.4) is 0 Å². The molecule has 1 atom stereocenters. The van der Waals surface area contributed by atoms with Gasteiger partial charge in [0.1, 0.15) is 6.61 Å². The molecule has 214 valence electrons. The largest absolute Gasteiger partial charge is 0.466 e. The standard InChI is InChI=1S/C33H38N4O4/c1-7-8-13-24(3)29-16-12-17-30(25(4)19-18-23(2)22-41-27(6)39)32(29)33-34-35-36-37(33)31(20-21-40-26(5)38)28-14-10-9-11-15-28/h7,9-19,31H,1,8,20-22H2,2-6H3/b23-18-,24-13+,25-19-. The summed E-state index contributed by atoms with van der Waals surface area (Å²) in [7, 11) is 0. The van der Waals surface area contributed by atoms with Crippen LogP contribution < -0.4 is 0 Å². The molecule has 1 unspecified atom stereocenters. The summed E-state index contributed by atoms with van der Waals surface area (Å²) < 4.78 is 12.3. The molecule has 2 aromatic carbocycles. The monoisotopic (exact) mass is 554 g/mol. The van der Waals surface area contributed by atoms with Gasteiger partial charge in [0.25, 0.3) is 0 Å². The maximum absolute atomic E-state index is 11.5. The van der Waals surface area contributed by atoms with Crippen LogP contribution in [0.15, 0.2) is 85.0 Å². The van der Waals surface area contributed by atoms with Crippen LogP contribution in [0.4, 0.5) is 0 Å². The van der Waals surface area contributed by atoms with Crippen molar-refractivity contribution >= 4 is 23.1 Å². The van der Waals surface area contributed by atoms with Crippen molar-refractivity contribution in [2.45, 2.75) is 53.5 Å². The zero-order chi connectivity index (χ0) is 29.8. The van der Waals surface area contributed by atoms with Gasteiger partial charge >= 0.3 is 11.9 Å². The van der Waals surface area contributed by atoms with Gasteiger partial charge in [0.2, 0.25) is 0 Å². The average molecular weight is 555 g/mol. The van der Waals surface area contributed by atoms with Crippen LogP contribution in [0.1, 0.15) is 70.2 Å². The molecule has 0 aliphatic heterocycles. The molecule has 0 N–H and O–H groups in total. The van der Waals surface area contributed by atoms with Gasteiger partial charge in [-0.15, -0.1) is 11.7 Å². The fourth-order valence-corrected chi connectivity index (χ4v) is 4.43. The highest BCUT2D eigenvalue weighted by molar-refractivity contribution is 5.87. The van der Waals surface area contributed by atoms with Crippen molar-refractivity contribution in [1.29, 1.82) is 0 Å². The molecular formula is C33H38N4O4. The van der Waals surface area contributed by atoms with Gasteiger partial charge in [-0.3, -0.25) is 9.59 Å². The molecule has 0 aliphatic carbocycles. The first-order valence-electron chi connectivity index (χ1n) is 13.6. The normalized spacial score (nSPS) is 13.0. The number of allylic oxidation sites excluding steroid dienone is 6. The number of carbonyl (C=O) groups is 2. The molecule has 0 aliphatic rings. The zero-order valence-electron chi connectivity index (χ0n) is 24.5. The Balaban J connectivity index is 2.19. The lowest BCUT2D eigenvalue weighted by Crippen LogP contribution is -2.17. The van der Waals surface area contributed by atoms with Crippen molar-refractivity contribution in [2.24, 2.45) is 0 Å². The smallest absolute Gasteiger partial charge is 0.302 e. The van der Waals surface area contributed by atoms with Gasteiger partial charge in [-0.25, -0.2) is 4.68 Å². The number of hydrogen-bond acceptors (Lipinski definition) is 7. The lowest BCUT2D eigenvalue weighted by atomic mass is 9.91. The van der Waals surface area contributed by atoms with Gasteiger partial charge in [0.05, 0.1) is 12.6 Å². The van der Waals surface area contributed by atoms with E-state index in [0.717, 1.165) is 45.4 Å². The number of rotatable bonds is 13. The summed E-state index contributed by atoms with van der Waals surface area (Å²) in [4.78, 5) is 22.8. The van der Waals surface area contributed by atoms with Gasteiger partial charge in [-0.05, 0) is 71.0 Å². The third kappa shape index (κ3) is 8.70. The number of hydrogen-bond donors (Lipinski definition) is 0. The van der Waals surface area contributed by atoms with Gasteiger partial charge in [-0.1, -0.05) is 72.8 Å². The van der Waals surface area contributed by atoms with E-state index in [9.17, 15) is 9.59 Å². The van der Waals surface area contributed by atoms with Crippen LogP contribution in [0.25, 0.3) is 22.5 Å². The topological polar surface area (TPSA) is 96.2 Å². The maximum Gasteiger partial charge on any atom is 0.302 e. The molecule has 0 bridgehead atoms. The van der Waals surface area contributed by atoms with E-state index in [0.29, 0.717) is 12.2 Å². The van der Waals surface area contributed by atoms with Crippen molar-refractivity contribution in [1.82, 2.24) is 20.2 Å². The van der Waals surface area contributed by atoms with E-state index in [1.54, 1.807) is 0 Å². The Bertz CT molecular complexity index is 1450. The van der Waals surface area contributed by atoms with Crippen molar-refractivity contribution in [3.05, 3.63) is 102 Å². The van der Waals surface area contributed by atoms with Crippen molar-refractivity contribution in [3.63, 3.8) is 0 Å². The Hall–Kier alpha value is -4.59. The highest BCUT2D eigenvalue weighted by Crippen LogP contribution is 2.37. The number of esters is 2. The Morgan fingerprint density at radius 1 is 0.902 bits per heavy atom. The van der Waals surface area contributed by atoms with E-state index in [-0.39, 0.29) is 31.2 Å². The SMILES string of the molecule is C=CC/C=C(\C)c1cccc(/C(C)=C\C=C(\C)COC(C)=O)c1-c1nnnn1C(CCOC(C)=O)c1ccccc1. The quantitative estimate of drug-likeness (QED) is 0.131. The van der Waals surface area contributed by atoms with E-state index < -0.39 is 0 Å². The first kappa shape index (κ1) is 30.9. The molecule has 0 saturated heterocycles. The highest BCUT2D eigenvalue weighted by atomic mass is 16.5. The van der Waals surface area contributed by atoms with Gasteiger partial charge in [-0.2, -0.15) is 0 Å². The number of benzene rings is 2. The van der Waals surface area contributed by atoms with E-state index in [4.69, 9.17) is 9.47 Å². The summed E-state index contributed by atoms with van der Waals surface area (Å²) in [6.07, 6.45) is 9.16. The molecule has 3 rings (SSSR count). The molecule has 3 aromatic rings. The lowest BCUT2D eigenvalue weighted by molar-refractivity contribution is -0.141. The van der Waals surface area contributed by atoms with E-state index in [1.807, 2.05) is 73.2 Å². The Labute approximate surface area is 242 Å². The second-order valence-electron chi connectivity index (χ2n) is 9.78. The molecule has 41 heavy (non-hydrogen) atoms. The fourth-order valence-electron chi connectivity index (χ4n) is 4.43. The zero-order valence-corrected chi connectivity index (χ0v) is 24.5. The van der Waals surface area contributed by atoms with Crippen LogP contribution in [-0.4, -0.2) is 45.4 Å². The molecule has 0 amide bonds. The maximum atomic E-state index is 11.5. The predicted octanol–water partition coefficient (Wildman–Crippen LogP) is 6.77. The summed E-state index contributed by atoms with van der Waals surface area (Å²) in [6, 6.07) is 15.8. The van der Waals surface area contributed by atoms with Gasteiger partial charge in [0.15, 0.2) is 5.82 Å². The van der Waals surface area contributed by atoms with E-state index in [2.05, 4.69) is 47.2 Å². The van der Waals surface area contributed by atoms with Crippen LogP contribution in [0.5, 0.6) is 0 Å². The van der Waals surface area contributed by atoms with Crippen molar-refractivity contribution < 1.29 is 19.1 Å². The first-order valence-corrected chi connectivity index (χ1v) is 13.6. The van der Waals surface area contributed by atoms with E-state index >= 15 is 0 Å². The molecule has 8 heteroatoms. The average Bonchev–Trinajstić information content (AvgIpc) is 3.44. The number of nitrogens with zero attached hydrogens (tertiary/aromatic N) is 4.